The quantitative estimate of drug-likeness (QED) is 0.482. The Labute approximate surface area is 70.1 Å². The molecule has 1 heteroatoms. The fraction of sp³-hybridized carbons (Fsp3) is 0.800. The number of hydrogen-bond acceptors (Lipinski definition) is 1. The summed E-state index contributed by atoms with van der Waals surface area (Å²) in [7, 11) is 2.21. The van der Waals surface area contributed by atoms with Crippen molar-refractivity contribution in [2.24, 2.45) is 11.8 Å². The van der Waals surface area contributed by atoms with E-state index in [9.17, 15) is 0 Å². The van der Waals surface area contributed by atoms with Crippen LogP contribution in [0.1, 0.15) is 20.3 Å². The van der Waals surface area contributed by atoms with Crippen molar-refractivity contribution in [2.75, 3.05) is 20.1 Å². The van der Waals surface area contributed by atoms with Gasteiger partial charge in [-0.3, -0.25) is 0 Å². The minimum absolute atomic E-state index is 0.725. The van der Waals surface area contributed by atoms with Gasteiger partial charge in [0.1, 0.15) is 0 Å². The largest absolute Gasteiger partial charge is 0.306 e. The standard InChI is InChI=1S/C10H19N/c1-9-4-5-10(2)8-11(3)7-6-9/h4-5,9-10H,6-8H2,1-3H3/b5-4-. The highest BCUT2D eigenvalue weighted by molar-refractivity contribution is 4.92. The molecular weight excluding hydrogens is 134 g/mol. The molecule has 0 bridgehead atoms. The first-order valence-corrected chi connectivity index (χ1v) is 4.55. The minimum Gasteiger partial charge on any atom is -0.306 e. The molecule has 0 N–H and O–H groups in total. The Morgan fingerprint density at radius 2 is 1.82 bits per heavy atom. The fourth-order valence-electron chi connectivity index (χ4n) is 1.54. The Hall–Kier alpha value is -0.300. The maximum absolute atomic E-state index is 2.42. The first kappa shape index (κ1) is 8.79. The molecule has 1 heterocycles. The molecule has 0 aromatic rings. The van der Waals surface area contributed by atoms with Gasteiger partial charge < -0.3 is 4.90 Å². The molecule has 1 aliphatic heterocycles. The number of hydrogen-bond donors (Lipinski definition) is 0. The summed E-state index contributed by atoms with van der Waals surface area (Å²) in [5, 5.41) is 0. The van der Waals surface area contributed by atoms with Gasteiger partial charge in [-0.05, 0) is 31.8 Å². The Morgan fingerprint density at radius 1 is 1.18 bits per heavy atom. The first-order valence-electron chi connectivity index (χ1n) is 4.55. The van der Waals surface area contributed by atoms with Crippen LogP contribution in [0.4, 0.5) is 0 Å². The summed E-state index contributed by atoms with van der Waals surface area (Å²) in [5.74, 6) is 1.49. The summed E-state index contributed by atoms with van der Waals surface area (Å²) in [6, 6.07) is 0. The zero-order valence-electron chi connectivity index (χ0n) is 7.88. The number of rotatable bonds is 0. The van der Waals surface area contributed by atoms with Crippen molar-refractivity contribution in [1.29, 1.82) is 0 Å². The third-order valence-corrected chi connectivity index (χ3v) is 2.33. The third kappa shape index (κ3) is 3.06. The number of allylic oxidation sites excluding steroid dienone is 1. The lowest BCUT2D eigenvalue weighted by Crippen LogP contribution is -2.27. The van der Waals surface area contributed by atoms with Crippen LogP contribution in [0.5, 0.6) is 0 Å². The van der Waals surface area contributed by atoms with Crippen molar-refractivity contribution in [3.63, 3.8) is 0 Å². The molecule has 0 radical (unpaired) electrons. The van der Waals surface area contributed by atoms with Gasteiger partial charge in [0.25, 0.3) is 0 Å². The van der Waals surface area contributed by atoms with Crippen molar-refractivity contribution < 1.29 is 0 Å². The predicted octanol–water partition coefficient (Wildman–Crippen LogP) is 2.15. The second-order valence-corrected chi connectivity index (χ2v) is 3.89. The van der Waals surface area contributed by atoms with E-state index in [1.54, 1.807) is 0 Å². The molecule has 1 rings (SSSR count). The SMILES string of the molecule is CC1/C=C\C(C)CN(C)CC1. The fourth-order valence-corrected chi connectivity index (χ4v) is 1.54. The molecule has 64 valence electrons. The Kier molecular flexibility index (Phi) is 3.13. The van der Waals surface area contributed by atoms with Crippen molar-refractivity contribution in [3.05, 3.63) is 12.2 Å². The van der Waals surface area contributed by atoms with E-state index in [-0.39, 0.29) is 0 Å². The normalized spacial score (nSPS) is 37.7. The highest BCUT2D eigenvalue weighted by Gasteiger charge is 2.08. The zero-order chi connectivity index (χ0) is 8.27. The van der Waals surface area contributed by atoms with Crippen LogP contribution in [0.25, 0.3) is 0 Å². The Morgan fingerprint density at radius 3 is 2.55 bits per heavy atom. The average molecular weight is 153 g/mol. The molecule has 0 amide bonds. The van der Waals surface area contributed by atoms with E-state index in [0.717, 1.165) is 11.8 Å². The highest BCUT2D eigenvalue weighted by Crippen LogP contribution is 2.12. The summed E-state index contributed by atoms with van der Waals surface area (Å²) in [6.07, 6.45) is 6.01. The molecule has 1 aliphatic rings. The van der Waals surface area contributed by atoms with Gasteiger partial charge in [0, 0.05) is 6.54 Å². The zero-order valence-corrected chi connectivity index (χ0v) is 7.88. The smallest absolute Gasteiger partial charge is 0.00386 e. The molecule has 0 aliphatic carbocycles. The lowest BCUT2D eigenvalue weighted by Gasteiger charge is -2.23. The third-order valence-electron chi connectivity index (χ3n) is 2.33. The van der Waals surface area contributed by atoms with Gasteiger partial charge in [-0.1, -0.05) is 26.0 Å². The molecule has 0 spiro atoms. The van der Waals surface area contributed by atoms with Crippen LogP contribution in [0, 0.1) is 11.8 Å². The van der Waals surface area contributed by atoms with E-state index in [1.165, 1.54) is 19.5 Å². The van der Waals surface area contributed by atoms with Gasteiger partial charge in [0.2, 0.25) is 0 Å². The first-order chi connectivity index (χ1) is 5.18. The van der Waals surface area contributed by atoms with Crippen molar-refractivity contribution >= 4 is 0 Å². The highest BCUT2D eigenvalue weighted by atomic mass is 15.1. The summed E-state index contributed by atoms with van der Waals surface area (Å²) in [4.78, 5) is 2.42. The maximum Gasteiger partial charge on any atom is 0.00386 e. The topological polar surface area (TPSA) is 3.24 Å². The van der Waals surface area contributed by atoms with E-state index >= 15 is 0 Å². The van der Waals surface area contributed by atoms with E-state index in [4.69, 9.17) is 0 Å². The van der Waals surface area contributed by atoms with E-state index in [2.05, 4.69) is 37.9 Å². The van der Waals surface area contributed by atoms with Crippen LogP contribution in [0.3, 0.4) is 0 Å². The summed E-state index contributed by atoms with van der Waals surface area (Å²) in [6.45, 7) is 7.03. The van der Waals surface area contributed by atoms with Crippen LogP contribution < -0.4 is 0 Å². The van der Waals surface area contributed by atoms with E-state index in [0.29, 0.717) is 0 Å². The molecule has 2 unspecified atom stereocenters. The van der Waals surface area contributed by atoms with E-state index in [1.807, 2.05) is 0 Å². The van der Waals surface area contributed by atoms with Crippen molar-refractivity contribution in [3.8, 4) is 0 Å². The molecule has 0 aromatic carbocycles. The van der Waals surface area contributed by atoms with Gasteiger partial charge >= 0.3 is 0 Å². The molecule has 0 aromatic heterocycles. The molecule has 0 fully saturated rings. The second kappa shape index (κ2) is 3.91. The van der Waals surface area contributed by atoms with Crippen LogP contribution in [0.2, 0.25) is 0 Å². The molecular formula is C10H19N. The van der Waals surface area contributed by atoms with Crippen LogP contribution in [-0.4, -0.2) is 25.0 Å². The van der Waals surface area contributed by atoms with Gasteiger partial charge in [-0.15, -0.1) is 0 Å². The minimum atomic E-state index is 0.725. The molecule has 2 atom stereocenters. The lowest BCUT2D eigenvalue weighted by molar-refractivity contribution is 0.286. The maximum atomic E-state index is 2.42. The number of nitrogens with zero attached hydrogens (tertiary/aromatic N) is 1. The second-order valence-electron chi connectivity index (χ2n) is 3.89. The Balaban J connectivity index is 2.50. The van der Waals surface area contributed by atoms with Gasteiger partial charge in [-0.2, -0.15) is 0 Å². The predicted molar refractivity (Wildman–Crippen MR) is 49.6 cm³/mol. The summed E-state index contributed by atoms with van der Waals surface area (Å²) < 4.78 is 0. The Bertz CT molecular complexity index is 140. The van der Waals surface area contributed by atoms with E-state index < -0.39 is 0 Å². The lowest BCUT2D eigenvalue weighted by atomic mass is 10.0. The molecule has 0 saturated heterocycles. The molecule has 1 nitrogen and oxygen atoms in total. The van der Waals surface area contributed by atoms with Gasteiger partial charge in [0.05, 0.1) is 0 Å². The average Bonchev–Trinajstić information content (AvgIpc) is 1.95. The monoisotopic (exact) mass is 153 g/mol. The van der Waals surface area contributed by atoms with Gasteiger partial charge in [-0.25, -0.2) is 0 Å². The molecule has 11 heavy (non-hydrogen) atoms. The van der Waals surface area contributed by atoms with Crippen molar-refractivity contribution in [1.82, 2.24) is 4.90 Å². The van der Waals surface area contributed by atoms with Crippen LogP contribution in [0.15, 0.2) is 12.2 Å². The molecule has 0 saturated carbocycles. The van der Waals surface area contributed by atoms with Crippen LogP contribution in [-0.2, 0) is 0 Å². The van der Waals surface area contributed by atoms with Crippen LogP contribution >= 0.6 is 0 Å². The van der Waals surface area contributed by atoms with Crippen molar-refractivity contribution in [2.45, 2.75) is 20.3 Å². The summed E-state index contributed by atoms with van der Waals surface area (Å²) in [5.41, 5.74) is 0. The summed E-state index contributed by atoms with van der Waals surface area (Å²) >= 11 is 0. The van der Waals surface area contributed by atoms with Gasteiger partial charge in [0.15, 0.2) is 0 Å².